The molecule has 0 radical (unpaired) electrons. The van der Waals surface area contributed by atoms with E-state index >= 15 is 0 Å². The van der Waals surface area contributed by atoms with Crippen LogP contribution in [0, 0.1) is 22.7 Å². The van der Waals surface area contributed by atoms with Gasteiger partial charge in [-0.3, -0.25) is 0 Å². The van der Waals surface area contributed by atoms with Crippen LogP contribution in [0.2, 0.25) is 0 Å². The largest absolute Gasteiger partial charge is 0.381 e. The average Bonchev–Trinajstić information content (AvgIpc) is 2.54. The van der Waals surface area contributed by atoms with Gasteiger partial charge < -0.3 is 5.32 Å². The number of benzene rings is 1. The van der Waals surface area contributed by atoms with E-state index in [0.29, 0.717) is 22.9 Å². The minimum atomic E-state index is 0.427. The Balaban J connectivity index is 2.13. The molecule has 1 fully saturated rings. The Morgan fingerprint density at radius 3 is 2.61 bits per heavy atom. The van der Waals surface area contributed by atoms with Crippen molar-refractivity contribution in [1.82, 2.24) is 0 Å². The monoisotopic (exact) mass is 306 g/mol. The standard InChI is InChI=1S/C15H19BrN2/c1-10-7-15(2,3)8-14(10)18-13-5-4-11(9-17)6-12(13)16/h4-6,10,14,18H,7-8H2,1-3H3. The molecule has 0 bridgehead atoms. The number of halogens is 1. The SMILES string of the molecule is CC1CC(C)(C)CC1Nc1ccc(C#N)cc1Br. The molecule has 0 aliphatic heterocycles. The fourth-order valence-electron chi connectivity index (χ4n) is 2.99. The first-order valence-electron chi connectivity index (χ1n) is 6.37. The van der Waals surface area contributed by atoms with E-state index in [0.717, 1.165) is 10.2 Å². The number of anilines is 1. The summed E-state index contributed by atoms with van der Waals surface area (Å²) in [7, 11) is 0. The molecule has 18 heavy (non-hydrogen) atoms. The van der Waals surface area contributed by atoms with Crippen molar-refractivity contribution in [3.63, 3.8) is 0 Å². The third kappa shape index (κ3) is 2.87. The lowest BCUT2D eigenvalue weighted by Gasteiger charge is -2.20. The van der Waals surface area contributed by atoms with Gasteiger partial charge in [-0.05, 0) is 58.3 Å². The lowest BCUT2D eigenvalue weighted by Crippen LogP contribution is -2.22. The molecule has 2 nitrogen and oxygen atoms in total. The van der Waals surface area contributed by atoms with Gasteiger partial charge in [0.15, 0.2) is 0 Å². The topological polar surface area (TPSA) is 35.8 Å². The van der Waals surface area contributed by atoms with Crippen LogP contribution in [-0.2, 0) is 0 Å². The predicted octanol–water partition coefficient (Wildman–Crippen LogP) is 4.56. The van der Waals surface area contributed by atoms with E-state index in [9.17, 15) is 0 Å². The average molecular weight is 307 g/mol. The highest BCUT2D eigenvalue weighted by molar-refractivity contribution is 9.10. The van der Waals surface area contributed by atoms with Crippen LogP contribution in [-0.4, -0.2) is 6.04 Å². The molecular formula is C15H19BrN2. The minimum absolute atomic E-state index is 0.427. The molecule has 1 aromatic carbocycles. The second-order valence-electron chi connectivity index (χ2n) is 6.11. The Hall–Kier alpha value is -1.01. The lowest BCUT2D eigenvalue weighted by atomic mass is 9.91. The summed E-state index contributed by atoms with van der Waals surface area (Å²) in [5.41, 5.74) is 2.20. The highest BCUT2D eigenvalue weighted by atomic mass is 79.9. The van der Waals surface area contributed by atoms with Gasteiger partial charge in [-0.25, -0.2) is 0 Å². The second-order valence-corrected chi connectivity index (χ2v) is 6.96. The van der Waals surface area contributed by atoms with Crippen LogP contribution in [0.15, 0.2) is 22.7 Å². The summed E-state index contributed by atoms with van der Waals surface area (Å²) in [6.45, 7) is 6.97. The van der Waals surface area contributed by atoms with Crippen LogP contribution in [0.3, 0.4) is 0 Å². The Bertz CT molecular complexity index is 488. The summed E-state index contributed by atoms with van der Waals surface area (Å²) in [4.78, 5) is 0. The molecule has 0 aromatic heterocycles. The molecule has 0 heterocycles. The maximum atomic E-state index is 8.86. The van der Waals surface area contributed by atoms with Gasteiger partial charge in [0.2, 0.25) is 0 Å². The first-order valence-corrected chi connectivity index (χ1v) is 7.17. The summed E-state index contributed by atoms with van der Waals surface area (Å²) in [6, 6.07) is 8.38. The molecule has 3 heteroatoms. The molecule has 0 spiro atoms. The summed E-state index contributed by atoms with van der Waals surface area (Å²) in [6.07, 6.45) is 2.46. The number of rotatable bonds is 2. The smallest absolute Gasteiger partial charge is 0.0992 e. The third-order valence-corrected chi connectivity index (χ3v) is 4.43. The quantitative estimate of drug-likeness (QED) is 0.869. The Morgan fingerprint density at radius 1 is 1.39 bits per heavy atom. The Kier molecular flexibility index (Phi) is 3.68. The van der Waals surface area contributed by atoms with Crippen LogP contribution in [0.5, 0.6) is 0 Å². The van der Waals surface area contributed by atoms with Crippen LogP contribution < -0.4 is 5.32 Å². The minimum Gasteiger partial charge on any atom is -0.381 e. The fraction of sp³-hybridized carbons (Fsp3) is 0.533. The van der Waals surface area contributed by atoms with Gasteiger partial charge in [-0.1, -0.05) is 20.8 Å². The summed E-state index contributed by atoms with van der Waals surface area (Å²) < 4.78 is 0.971. The van der Waals surface area contributed by atoms with Crippen molar-refractivity contribution in [2.24, 2.45) is 11.3 Å². The third-order valence-electron chi connectivity index (χ3n) is 3.77. The van der Waals surface area contributed by atoms with Crippen LogP contribution in [0.25, 0.3) is 0 Å². The van der Waals surface area contributed by atoms with Gasteiger partial charge in [0, 0.05) is 16.2 Å². The predicted molar refractivity (Wildman–Crippen MR) is 78.4 cm³/mol. The Morgan fingerprint density at radius 2 is 2.11 bits per heavy atom. The lowest BCUT2D eigenvalue weighted by molar-refractivity contribution is 0.366. The first kappa shape index (κ1) is 13.4. The summed E-state index contributed by atoms with van der Waals surface area (Å²) in [5, 5.41) is 12.5. The van der Waals surface area contributed by atoms with Crippen LogP contribution in [0.4, 0.5) is 5.69 Å². The molecule has 1 aliphatic rings. The maximum Gasteiger partial charge on any atom is 0.0992 e. The maximum absolute atomic E-state index is 8.86. The van der Waals surface area contributed by atoms with E-state index < -0.39 is 0 Å². The van der Waals surface area contributed by atoms with E-state index in [1.807, 2.05) is 18.2 Å². The van der Waals surface area contributed by atoms with Crippen LogP contribution >= 0.6 is 15.9 Å². The van der Waals surface area contributed by atoms with Crippen molar-refractivity contribution in [3.05, 3.63) is 28.2 Å². The summed E-state index contributed by atoms with van der Waals surface area (Å²) >= 11 is 3.53. The number of hydrogen-bond acceptors (Lipinski definition) is 2. The van der Waals surface area contributed by atoms with Crippen molar-refractivity contribution in [1.29, 1.82) is 5.26 Å². The van der Waals surface area contributed by atoms with Gasteiger partial charge in [0.25, 0.3) is 0 Å². The molecule has 1 aliphatic carbocycles. The van der Waals surface area contributed by atoms with Crippen molar-refractivity contribution < 1.29 is 0 Å². The van der Waals surface area contributed by atoms with Gasteiger partial charge >= 0.3 is 0 Å². The molecule has 0 saturated heterocycles. The van der Waals surface area contributed by atoms with Gasteiger partial charge in [0.1, 0.15) is 0 Å². The highest BCUT2D eigenvalue weighted by Gasteiger charge is 2.36. The van der Waals surface area contributed by atoms with Crippen molar-refractivity contribution in [2.45, 2.75) is 39.7 Å². The molecule has 96 valence electrons. The number of nitrogens with one attached hydrogen (secondary N) is 1. The zero-order valence-corrected chi connectivity index (χ0v) is 12.7. The van der Waals surface area contributed by atoms with Gasteiger partial charge in [0.05, 0.1) is 11.6 Å². The van der Waals surface area contributed by atoms with Crippen molar-refractivity contribution in [3.8, 4) is 6.07 Å². The molecule has 0 amide bonds. The summed E-state index contributed by atoms with van der Waals surface area (Å²) in [5.74, 6) is 0.683. The van der Waals surface area contributed by atoms with E-state index in [1.54, 1.807) is 0 Å². The van der Waals surface area contributed by atoms with Crippen molar-refractivity contribution >= 4 is 21.6 Å². The normalized spacial score (nSPS) is 25.7. The molecule has 1 aromatic rings. The zero-order chi connectivity index (χ0) is 13.3. The molecular weight excluding hydrogens is 288 g/mol. The molecule has 2 unspecified atom stereocenters. The molecule has 2 atom stereocenters. The van der Waals surface area contributed by atoms with E-state index in [1.165, 1.54) is 12.8 Å². The van der Waals surface area contributed by atoms with Gasteiger partial charge in [-0.15, -0.1) is 0 Å². The first-order chi connectivity index (χ1) is 8.41. The highest BCUT2D eigenvalue weighted by Crippen LogP contribution is 2.42. The van der Waals surface area contributed by atoms with E-state index in [-0.39, 0.29) is 0 Å². The van der Waals surface area contributed by atoms with E-state index in [4.69, 9.17) is 5.26 Å². The Labute approximate surface area is 118 Å². The van der Waals surface area contributed by atoms with Gasteiger partial charge in [-0.2, -0.15) is 5.26 Å². The molecule has 1 saturated carbocycles. The number of nitriles is 1. The zero-order valence-electron chi connectivity index (χ0n) is 11.1. The fourth-order valence-corrected chi connectivity index (χ4v) is 3.48. The second kappa shape index (κ2) is 4.93. The molecule has 2 rings (SSSR count). The molecule has 1 N–H and O–H groups in total. The van der Waals surface area contributed by atoms with Crippen molar-refractivity contribution in [2.75, 3.05) is 5.32 Å². The number of hydrogen-bond donors (Lipinski definition) is 1. The van der Waals surface area contributed by atoms with Crippen LogP contribution in [0.1, 0.15) is 39.2 Å². The van der Waals surface area contributed by atoms with E-state index in [2.05, 4.69) is 48.1 Å². The number of nitrogens with zero attached hydrogens (tertiary/aromatic N) is 1.